The van der Waals surface area contributed by atoms with E-state index in [1.165, 1.54) is 7.11 Å². The quantitative estimate of drug-likeness (QED) is 0.798. The fourth-order valence-electron chi connectivity index (χ4n) is 1.48. The van der Waals surface area contributed by atoms with Crippen LogP contribution in [0.1, 0.15) is 18.0 Å². The molecular weight excluding hydrogens is 218 g/mol. The van der Waals surface area contributed by atoms with Crippen LogP contribution in [0.2, 0.25) is 0 Å². The zero-order valence-electron chi connectivity index (χ0n) is 10.1. The SMILES string of the molecule is C=CCC(NC(=O)OC)c1ccc(OC)cc1. The normalized spacial score (nSPS) is 11.4. The summed E-state index contributed by atoms with van der Waals surface area (Å²) in [6.45, 7) is 3.68. The van der Waals surface area contributed by atoms with Gasteiger partial charge in [-0.05, 0) is 24.1 Å². The van der Waals surface area contributed by atoms with Gasteiger partial charge >= 0.3 is 6.09 Å². The summed E-state index contributed by atoms with van der Waals surface area (Å²) in [5.41, 5.74) is 0.983. The average molecular weight is 235 g/mol. The molecule has 1 aromatic rings. The van der Waals surface area contributed by atoms with E-state index in [4.69, 9.17) is 4.74 Å². The molecule has 0 saturated heterocycles. The second kappa shape index (κ2) is 6.58. The number of ether oxygens (including phenoxy) is 2. The van der Waals surface area contributed by atoms with Crippen molar-refractivity contribution < 1.29 is 14.3 Å². The molecule has 17 heavy (non-hydrogen) atoms. The van der Waals surface area contributed by atoms with E-state index in [9.17, 15) is 4.79 Å². The van der Waals surface area contributed by atoms with Crippen LogP contribution in [0.5, 0.6) is 5.75 Å². The molecule has 1 unspecified atom stereocenters. The molecule has 0 heterocycles. The Balaban J connectivity index is 2.80. The Labute approximate surface area is 101 Å². The predicted molar refractivity (Wildman–Crippen MR) is 66.1 cm³/mol. The number of carbonyl (C=O) groups excluding carboxylic acids is 1. The molecule has 1 N–H and O–H groups in total. The van der Waals surface area contributed by atoms with Crippen molar-refractivity contribution in [2.45, 2.75) is 12.5 Å². The summed E-state index contributed by atoms with van der Waals surface area (Å²) < 4.78 is 9.66. The third kappa shape index (κ3) is 3.83. The lowest BCUT2D eigenvalue weighted by atomic mass is 10.0. The van der Waals surface area contributed by atoms with Gasteiger partial charge in [-0.25, -0.2) is 4.79 Å². The summed E-state index contributed by atoms with van der Waals surface area (Å²) in [6.07, 6.45) is 1.94. The molecule has 4 heteroatoms. The third-order valence-electron chi connectivity index (χ3n) is 2.40. The molecule has 0 saturated carbocycles. The topological polar surface area (TPSA) is 47.6 Å². The fraction of sp³-hybridized carbons (Fsp3) is 0.308. The Hall–Kier alpha value is -1.97. The number of benzene rings is 1. The second-order valence-corrected chi connectivity index (χ2v) is 3.49. The van der Waals surface area contributed by atoms with E-state index in [0.29, 0.717) is 6.42 Å². The molecule has 0 spiro atoms. The maximum Gasteiger partial charge on any atom is 0.407 e. The highest BCUT2D eigenvalue weighted by Crippen LogP contribution is 2.20. The molecule has 0 fully saturated rings. The summed E-state index contributed by atoms with van der Waals surface area (Å²) in [6, 6.07) is 7.38. The summed E-state index contributed by atoms with van der Waals surface area (Å²) in [4.78, 5) is 11.2. The van der Waals surface area contributed by atoms with Crippen molar-refractivity contribution >= 4 is 6.09 Å². The molecule has 1 aromatic carbocycles. The Morgan fingerprint density at radius 2 is 2.06 bits per heavy atom. The number of nitrogens with one attached hydrogen (secondary N) is 1. The van der Waals surface area contributed by atoms with Crippen LogP contribution in [-0.4, -0.2) is 20.3 Å². The van der Waals surface area contributed by atoms with Gasteiger partial charge in [-0.2, -0.15) is 0 Å². The highest BCUT2D eigenvalue weighted by Gasteiger charge is 2.13. The van der Waals surface area contributed by atoms with E-state index in [1.54, 1.807) is 13.2 Å². The zero-order chi connectivity index (χ0) is 12.7. The van der Waals surface area contributed by atoms with Crippen LogP contribution < -0.4 is 10.1 Å². The number of rotatable bonds is 5. The van der Waals surface area contributed by atoms with Crippen molar-refractivity contribution in [3.05, 3.63) is 42.5 Å². The Kier molecular flexibility index (Phi) is 5.07. The van der Waals surface area contributed by atoms with Gasteiger partial charge in [-0.3, -0.25) is 0 Å². The Morgan fingerprint density at radius 3 is 2.53 bits per heavy atom. The lowest BCUT2D eigenvalue weighted by Crippen LogP contribution is -2.27. The number of carbonyl (C=O) groups is 1. The van der Waals surface area contributed by atoms with Gasteiger partial charge < -0.3 is 14.8 Å². The highest BCUT2D eigenvalue weighted by atomic mass is 16.5. The van der Waals surface area contributed by atoms with Gasteiger partial charge in [0.15, 0.2) is 0 Å². The fourth-order valence-corrected chi connectivity index (χ4v) is 1.48. The van der Waals surface area contributed by atoms with Gasteiger partial charge in [0.25, 0.3) is 0 Å². The van der Waals surface area contributed by atoms with E-state index < -0.39 is 6.09 Å². The first kappa shape index (κ1) is 13.1. The van der Waals surface area contributed by atoms with Crippen LogP contribution in [0.4, 0.5) is 4.79 Å². The van der Waals surface area contributed by atoms with Crippen LogP contribution in [0.15, 0.2) is 36.9 Å². The molecule has 1 amide bonds. The number of hydrogen-bond donors (Lipinski definition) is 1. The predicted octanol–water partition coefficient (Wildman–Crippen LogP) is 2.67. The molecule has 1 atom stereocenters. The van der Waals surface area contributed by atoms with Crippen molar-refractivity contribution in [3.63, 3.8) is 0 Å². The summed E-state index contributed by atoms with van der Waals surface area (Å²) in [5.74, 6) is 0.782. The largest absolute Gasteiger partial charge is 0.497 e. The average Bonchev–Trinajstić information content (AvgIpc) is 2.38. The maximum atomic E-state index is 11.2. The molecule has 0 aliphatic carbocycles. The summed E-state index contributed by atoms with van der Waals surface area (Å²) in [5, 5.41) is 2.75. The van der Waals surface area contributed by atoms with Gasteiger partial charge in [0, 0.05) is 0 Å². The smallest absolute Gasteiger partial charge is 0.407 e. The molecule has 1 rings (SSSR count). The van der Waals surface area contributed by atoms with E-state index >= 15 is 0 Å². The minimum absolute atomic E-state index is 0.133. The zero-order valence-corrected chi connectivity index (χ0v) is 10.1. The second-order valence-electron chi connectivity index (χ2n) is 3.49. The lowest BCUT2D eigenvalue weighted by Gasteiger charge is -2.17. The van der Waals surface area contributed by atoms with E-state index in [2.05, 4.69) is 16.6 Å². The molecule has 0 aromatic heterocycles. The summed E-state index contributed by atoms with van der Waals surface area (Å²) in [7, 11) is 2.96. The monoisotopic (exact) mass is 235 g/mol. The number of alkyl carbamates (subject to hydrolysis) is 1. The first-order valence-corrected chi connectivity index (χ1v) is 5.30. The van der Waals surface area contributed by atoms with Crippen molar-refractivity contribution in [1.82, 2.24) is 5.32 Å². The van der Waals surface area contributed by atoms with Gasteiger partial charge in [-0.15, -0.1) is 6.58 Å². The first-order valence-electron chi connectivity index (χ1n) is 5.30. The number of amides is 1. The van der Waals surface area contributed by atoms with Crippen LogP contribution in [0.3, 0.4) is 0 Å². The molecule has 0 bridgehead atoms. The van der Waals surface area contributed by atoms with Gasteiger partial charge in [0.05, 0.1) is 20.3 Å². The number of methoxy groups -OCH3 is 2. The van der Waals surface area contributed by atoms with E-state index in [-0.39, 0.29) is 6.04 Å². The first-order chi connectivity index (χ1) is 8.21. The van der Waals surface area contributed by atoms with Crippen molar-refractivity contribution in [2.75, 3.05) is 14.2 Å². The Bertz CT molecular complexity index is 373. The van der Waals surface area contributed by atoms with E-state index in [1.807, 2.05) is 24.3 Å². The van der Waals surface area contributed by atoms with Crippen molar-refractivity contribution in [2.24, 2.45) is 0 Å². The molecule has 4 nitrogen and oxygen atoms in total. The van der Waals surface area contributed by atoms with Crippen LogP contribution in [0.25, 0.3) is 0 Å². The van der Waals surface area contributed by atoms with Crippen LogP contribution in [-0.2, 0) is 4.74 Å². The molecule has 0 aliphatic rings. The highest BCUT2D eigenvalue weighted by molar-refractivity contribution is 5.67. The standard InChI is InChI=1S/C13H17NO3/c1-4-5-12(14-13(15)17-3)10-6-8-11(16-2)9-7-10/h4,6-9,12H,1,5H2,2-3H3,(H,14,15). The minimum atomic E-state index is -0.451. The molecule has 0 aliphatic heterocycles. The van der Waals surface area contributed by atoms with Gasteiger partial charge in [-0.1, -0.05) is 18.2 Å². The maximum absolute atomic E-state index is 11.2. The third-order valence-corrected chi connectivity index (χ3v) is 2.40. The minimum Gasteiger partial charge on any atom is -0.497 e. The molecular formula is C13H17NO3. The Morgan fingerprint density at radius 1 is 1.41 bits per heavy atom. The van der Waals surface area contributed by atoms with Crippen LogP contribution in [0, 0.1) is 0 Å². The molecule has 92 valence electrons. The molecule has 0 radical (unpaired) electrons. The van der Waals surface area contributed by atoms with Gasteiger partial charge in [0.1, 0.15) is 5.75 Å². The van der Waals surface area contributed by atoms with Crippen molar-refractivity contribution in [1.29, 1.82) is 0 Å². The van der Waals surface area contributed by atoms with Crippen LogP contribution >= 0.6 is 0 Å². The van der Waals surface area contributed by atoms with Gasteiger partial charge in [0.2, 0.25) is 0 Å². The lowest BCUT2D eigenvalue weighted by molar-refractivity contribution is 0.166. The summed E-state index contributed by atoms with van der Waals surface area (Å²) >= 11 is 0. The van der Waals surface area contributed by atoms with Crippen molar-refractivity contribution in [3.8, 4) is 5.75 Å². The number of hydrogen-bond acceptors (Lipinski definition) is 3. The van der Waals surface area contributed by atoms with E-state index in [0.717, 1.165) is 11.3 Å².